The molecule has 2 aliphatic rings. The van der Waals surface area contributed by atoms with E-state index in [1.807, 2.05) is 6.92 Å². The predicted molar refractivity (Wildman–Crippen MR) is 92.3 cm³/mol. The summed E-state index contributed by atoms with van der Waals surface area (Å²) in [5, 5.41) is 5.57. The van der Waals surface area contributed by atoms with Crippen molar-refractivity contribution >= 4 is 23.5 Å². The third-order valence-electron chi connectivity index (χ3n) is 4.71. The summed E-state index contributed by atoms with van der Waals surface area (Å²) >= 11 is 0. The van der Waals surface area contributed by atoms with E-state index in [-0.39, 0.29) is 30.8 Å². The van der Waals surface area contributed by atoms with Crippen LogP contribution in [-0.2, 0) is 9.59 Å². The van der Waals surface area contributed by atoms with Crippen molar-refractivity contribution in [3.8, 4) is 5.75 Å². The van der Waals surface area contributed by atoms with Gasteiger partial charge in [0.15, 0.2) is 0 Å². The molecule has 1 aliphatic carbocycles. The summed E-state index contributed by atoms with van der Waals surface area (Å²) in [4.78, 5) is 37.8. The first-order valence-electron chi connectivity index (χ1n) is 8.71. The molecule has 0 radical (unpaired) electrons. The van der Waals surface area contributed by atoms with Gasteiger partial charge in [-0.15, -0.1) is 0 Å². The molecule has 0 unspecified atom stereocenters. The van der Waals surface area contributed by atoms with Crippen LogP contribution in [-0.4, -0.2) is 41.4 Å². The number of ether oxygens (including phenoxy) is 1. The normalized spacial score (nSPS) is 18.5. The van der Waals surface area contributed by atoms with Crippen molar-refractivity contribution in [1.29, 1.82) is 0 Å². The van der Waals surface area contributed by atoms with Gasteiger partial charge in [-0.25, -0.2) is 4.79 Å². The Bertz CT molecular complexity index is 665. The van der Waals surface area contributed by atoms with Crippen LogP contribution in [0, 0.1) is 0 Å². The molecule has 1 saturated carbocycles. The second-order valence-electron chi connectivity index (χ2n) is 6.43. The molecular formula is C18H23N3O4. The molecule has 2 N–H and O–H groups in total. The van der Waals surface area contributed by atoms with E-state index in [4.69, 9.17) is 4.74 Å². The number of nitrogens with zero attached hydrogens (tertiary/aromatic N) is 1. The lowest BCUT2D eigenvalue weighted by Crippen LogP contribution is -2.44. The molecule has 1 heterocycles. The SMILES string of the molecule is CCOc1ccc(NC(=O)CCN2C(=O)NC3(CCCC3)C2=O)cc1. The average molecular weight is 345 g/mol. The van der Waals surface area contributed by atoms with Crippen molar-refractivity contribution in [3.63, 3.8) is 0 Å². The van der Waals surface area contributed by atoms with Crippen LogP contribution in [0.2, 0.25) is 0 Å². The Morgan fingerprint density at radius 1 is 1.24 bits per heavy atom. The number of benzene rings is 1. The number of carbonyl (C=O) groups excluding carboxylic acids is 3. The predicted octanol–water partition coefficient (Wildman–Crippen LogP) is 2.28. The Balaban J connectivity index is 1.52. The molecule has 1 spiro atoms. The second kappa shape index (κ2) is 7.13. The van der Waals surface area contributed by atoms with Crippen molar-refractivity contribution in [2.45, 2.75) is 44.6 Å². The number of amides is 4. The molecule has 0 atom stereocenters. The Morgan fingerprint density at radius 2 is 1.92 bits per heavy atom. The molecule has 1 saturated heterocycles. The maximum absolute atomic E-state index is 12.5. The summed E-state index contributed by atoms with van der Waals surface area (Å²) in [5.41, 5.74) is -0.0687. The number of hydrogen-bond donors (Lipinski definition) is 2. The number of hydrogen-bond acceptors (Lipinski definition) is 4. The lowest BCUT2D eigenvalue weighted by molar-refractivity contribution is -0.131. The van der Waals surface area contributed by atoms with E-state index < -0.39 is 5.54 Å². The molecule has 2 fully saturated rings. The van der Waals surface area contributed by atoms with E-state index in [0.29, 0.717) is 25.1 Å². The zero-order valence-corrected chi connectivity index (χ0v) is 14.3. The number of rotatable bonds is 6. The van der Waals surface area contributed by atoms with E-state index in [2.05, 4.69) is 10.6 Å². The smallest absolute Gasteiger partial charge is 0.325 e. The van der Waals surface area contributed by atoms with Gasteiger partial charge < -0.3 is 15.4 Å². The molecular weight excluding hydrogens is 322 g/mol. The van der Waals surface area contributed by atoms with Crippen molar-refractivity contribution in [1.82, 2.24) is 10.2 Å². The third-order valence-corrected chi connectivity index (χ3v) is 4.71. The fraction of sp³-hybridized carbons (Fsp3) is 0.500. The summed E-state index contributed by atoms with van der Waals surface area (Å²) < 4.78 is 5.35. The zero-order valence-electron chi connectivity index (χ0n) is 14.3. The Kier molecular flexibility index (Phi) is 4.92. The van der Waals surface area contributed by atoms with Crippen LogP contribution in [0.15, 0.2) is 24.3 Å². The van der Waals surface area contributed by atoms with E-state index in [0.717, 1.165) is 18.6 Å². The molecule has 0 aromatic heterocycles. The molecule has 7 nitrogen and oxygen atoms in total. The number of nitrogens with one attached hydrogen (secondary N) is 2. The van der Waals surface area contributed by atoms with Crippen LogP contribution < -0.4 is 15.4 Å². The van der Waals surface area contributed by atoms with E-state index in [1.54, 1.807) is 24.3 Å². The van der Waals surface area contributed by atoms with Gasteiger partial charge in [0.05, 0.1) is 6.61 Å². The van der Waals surface area contributed by atoms with E-state index >= 15 is 0 Å². The highest BCUT2D eigenvalue weighted by molar-refractivity contribution is 6.07. The first-order valence-corrected chi connectivity index (χ1v) is 8.71. The highest BCUT2D eigenvalue weighted by Gasteiger charge is 2.52. The van der Waals surface area contributed by atoms with Crippen LogP contribution in [0.25, 0.3) is 0 Å². The van der Waals surface area contributed by atoms with Gasteiger partial charge in [-0.1, -0.05) is 12.8 Å². The summed E-state index contributed by atoms with van der Waals surface area (Å²) in [6.45, 7) is 2.58. The molecule has 134 valence electrons. The lowest BCUT2D eigenvalue weighted by Gasteiger charge is -2.19. The van der Waals surface area contributed by atoms with Gasteiger partial charge in [-0.2, -0.15) is 0 Å². The lowest BCUT2D eigenvalue weighted by atomic mass is 9.98. The minimum atomic E-state index is -0.720. The fourth-order valence-electron chi connectivity index (χ4n) is 3.43. The molecule has 4 amide bonds. The number of carbonyl (C=O) groups is 3. The van der Waals surface area contributed by atoms with Crippen molar-refractivity contribution < 1.29 is 19.1 Å². The Morgan fingerprint density at radius 3 is 2.56 bits per heavy atom. The summed E-state index contributed by atoms with van der Waals surface area (Å²) in [5.74, 6) is 0.308. The Hall–Kier alpha value is -2.57. The van der Waals surface area contributed by atoms with Crippen LogP contribution in [0.3, 0.4) is 0 Å². The van der Waals surface area contributed by atoms with E-state index in [9.17, 15) is 14.4 Å². The maximum Gasteiger partial charge on any atom is 0.325 e. The molecule has 1 aliphatic heterocycles. The monoisotopic (exact) mass is 345 g/mol. The zero-order chi connectivity index (χ0) is 17.9. The second-order valence-corrected chi connectivity index (χ2v) is 6.43. The van der Waals surface area contributed by atoms with Crippen LogP contribution in [0.5, 0.6) is 5.75 Å². The minimum Gasteiger partial charge on any atom is -0.494 e. The first-order chi connectivity index (χ1) is 12.0. The van der Waals surface area contributed by atoms with Gasteiger partial charge in [-0.05, 0) is 44.0 Å². The maximum atomic E-state index is 12.5. The van der Waals surface area contributed by atoms with E-state index in [1.165, 1.54) is 4.90 Å². The fourth-order valence-corrected chi connectivity index (χ4v) is 3.43. The number of urea groups is 1. The molecule has 1 aromatic rings. The van der Waals surface area contributed by atoms with Crippen molar-refractivity contribution in [2.75, 3.05) is 18.5 Å². The van der Waals surface area contributed by atoms with Crippen LogP contribution in [0.4, 0.5) is 10.5 Å². The first kappa shape index (κ1) is 17.3. The largest absolute Gasteiger partial charge is 0.494 e. The number of imide groups is 1. The Labute approximate surface area is 146 Å². The summed E-state index contributed by atoms with van der Waals surface area (Å²) in [7, 11) is 0. The standard InChI is InChI=1S/C18H23N3O4/c1-2-25-14-7-5-13(6-8-14)19-15(22)9-12-21-16(23)18(20-17(21)24)10-3-4-11-18/h5-8H,2-4,9-12H2,1H3,(H,19,22)(H,20,24). The summed E-state index contributed by atoms with van der Waals surface area (Å²) in [6.07, 6.45) is 3.33. The third kappa shape index (κ3) is 3.60. The molecule has 0 bridgehead atoms. The minimum absolute atomic E-state index is 0.0719. The van der Waals surface area contributed by atoms with Gasteiger partial charge in [0.25, 0.3) is 5.91 Å². The molecule has 7 heteroatoms. The van der Waals surface area contributed by atoms with Crippen LogP contribution in [0.1, 0.15) is 39.0 Å². The summed E-state index contributed by atoms with van der Waals surface area (Å²) in [6, 6.07) is 6.68. The van der Waals surface area contributed by atoms with Crippen LogP contribution >= 0.6 is 0 Å². The molecule has 1 aromatic carbocycles. The quantitative estimate of drug-likeness (QED) is 0.774. The van der Waals surface area contributed by atoms with Gasteiger partial charge >= 0.3 is 6.03 Å². The molecule has 3 rings (SSSR count). The highest BCUT2D eigenvalue weighted by Crippen LogP contribution is 2.35. The molecule has 25 heavy (non-hydrogen) atoms. The van der Waals surface area contributed by atoms with Crippen molar-refractivity contribution in [2.24, 2.45) is 0 Å². The van der Waals surface area contributed by atoms with Crippen molar-refractivity contribution in [3.05, 3.63) is 24.3 Å². The highest BCUT2D eigenvalue weighted by atomic mass is 16.5. The van der Waals surface area contributed by atoms with Gasteiger partial charge in [0.2, 0.25) is 5.91 Å². The van der Waals surface area contributed by atoms with Gasteiger partial charge in [-0.3, -0.25) is 14.5 Å². The van der Waals surface area contributed by atoms with Gasteiger partial charge in [0, 0.05) is 18.7 Å². The topological polar surface area (TPSA) is 87.7 Å². The average Bonchev–Trinajstić information content (AvgIpc) is 3.14. The van der Waals surface area contributed by atoms with Gasteiger partial charge in [0.1, 0.15) is 11.3 Å². The number of anilines is 1.